The van der Waals surface area contributed by atoms with Gasteiger partial charge >= 0.3 is 0 Å². The van der Waals surface area contributed by atoms with Gasteiger partial charge in [0.25, 0.3) is 0 Å². The third-order valence-electron chi connectivity index (χ3n) is 3.17. The van der Waals surface area contributed by atoms with Gasteiger partial charge < -0.3 is 4.84 Å². The fraction of sp³-hybridized carbons (Fsp3) is 0.429. The molecule has 96 valence electrons. The van der Waals surface area contributed by atoms with Crippen LogP contribution in [0.25, 0.3) is 0 Å². The van der Waals surface area contributed by atoms with Crippen LogP contribution in [0.4, 0.5) is 4.39 Å². The number of hydrogen-bond acceptors (Lipinski definition) is 3. The number of carbonyl (C=O) groups excluding carboxylic acids is 1. The summed E-state index contributed by atoms with van der Waals surface area (Å²) in [5, 5.41) is 3.84. The first kappa shape index (κ1) is 12.7. The van der Waals surface area contributed by atoms with Crippen molar-refractivity contribution in [3.8, 4) is 0 Å². The van der Waals surface area contributed by atoms with Gasteiger partial charge in [-0.05, 0) is 13.3 Å². The summed E-state index contributed by atoms with van der Waals surface area (Å²) in [5.41, 5.74) is 1.15. The van der Waals surface area contributed by atoms with Crippen molar-refractivity contribution in [2.75, 3.05) is 0 Å². The van der Waals surface area contributed by atoms with E-state index in [0.717, 1.165) is 0 Å². The zero-order chi connectivity index (χ0) is 13.1. The van der Waals surface area contributed by atoms with E-state index >= 15 is 0 Å². The highest BCUT2D eigenvalue weighted by atomic mass is 19.1. The SMILES string of the molecule is CCC1=NO[C@@H](C(=O)c2ccccc2)[C@@H]1[C@@H](C)F. The lowest BCUT2D eigenvalue weighted by Crippen LogP contribution is -2.36. The fourth-order valence-corrected chi connectivity index (χ4v) is 2.21. The Bertz CT molecular complexity index is 456. The van der Waals surface area contributed by atoms with Gasteiger partial charge in [0.05, 0.1) is 11.6 Å². The third kappa shape index (κ3) is 2.28. The Morgan fingerprint density at radius 1 is 1.44 bits per heavy atom. The highest BCUT2D eigenvalue weighted by Gasteiger charge is 2.42. The predicted octanol–water partition coefficient (Wildman–Crippen LogP) is 3.01. The highest BCUT2D eigenvalue weighted by Crippen LogP contribution is 2.28. The third-order valence-corrected chi connectivity index (χ3v) is 3.17. The number of rotatable bonds is 4. The molecule has 1 heterocycles. The molecule has 0 bridgehead atoms. The molecule has 0 saturated heterocycles. The molecule has 0 N–H and O–H groups in total. The van der Waals surface area contributed by atoms with Crippen LogP contribution in [0.5, 0.6) is 0 Å². The number of Topliss-reactive ketones (excluding diaryl/α,β-unsaturated/α-hetero) is 1. The van der Waals surface area contributed by atoms with Crippen molar-refractivity contribution in [2.24, 2.45) is 11.1 Å². The van der Waals surface area contributed by atoms with Gasteiger partial charge in [0.2, 0.25) is 11.9 Å². The van der Waals surface area contributed by atoms with Crippen molar-refractivity contribution >= 4 is 11.5 Å². The van der Waals surface area contributed by atoms with Gasteiger partial charge in [-0.2, -0.15) is 0 Å². The van der Waals surface area contributed by atoms with Crippen LogP contribution in [-0.2, 0) is 4.84 Å². The smallest absolute Gasteiger partial charge is 0.206 e. The van der Waals surface area contributed by atoms with Crippen LogP contribution in [0.2, 0.25) is 0 Å². The molecule has 0 radical (unpaired) electrons. The number of benzene rings is 1. The second-order valence-corrected chi connectivity index (χ2v) is 4.40. The van der Waals surface area contributed by atoms with Gasteiger partial charge in [-0.15, -0.1) is 0 Å². The summed E-state index contributed by atoms with van der Waals surface area (Å²) >= 11 is 0. The molecular formula is C14H16FNO2. The summed E-state index contributed by atoms with van der Waals surface area (Å²) in [4.78, 5) is 17.4. The maximum Gasteiger partial charge on any atom is 0.206 e. The molecule has 3 nitrogen and oxygen atoms in total. The molecule has 4 heteroatoms. The maximum absolute atomic E-state index is 13.7. The highest BCUT2D eigenvalue weighted by molar-refractivity contribution is 6.04. The molecule has 0 unspecified atom stereocenters. The van der Waals surface area contributed by atoms with E-state index in [1.54, 1.807) is 24.3 Å². The molecule has 1 aliphatic rings. The first-order chi connectivity index (χ1) is 8.65. The zero-order valence-electron chi connectivity index (χ0n) is 10.5. The average Bonchev–Trinajstić information content (AvgIpc) is 2.82. The van der Waals surface area contributed by atoms with Crippen molar-refractivity contribution in [1.82, 2.24) is 0 Å². The first-order valence-electron chi connectivity index (χ1n) is 6.11. The molecule has 3 atom stereocenters. The molecule has 1 aromatic rings. The molecule has 18 heavy (non-hydrogen) atoms. The second kappa shape index (κ2) is 5.29. The molecule has 2 rings (SSSR count). The van der Waals surface area contributed by atoms with E-state index in [9.17, 15) is 9.18 Å². The minimum atomic E-state index is -1.15. The second-order valence-electron chi connectivity index (χ2n) is 4.40. The van der Waals surface area contributed by atoms with Crippen LogP contribution in [0.1, 0.15) is 30.6 Å². The Morgan fingerprint density at radius 2 is 2.11 bits per heavy atom. The monoisotopic (exact) mass is 249 g/mol. The molecule has 0 spiro atoms. The van der Waals surface area contributed by atoms with Gasteiger partial charge in [0.1, 0.15) is 6.17 Å². The number of hydrogen-bond donors (Lipinski definition) is 0. The Balaban J connectivity index is 2.22. The van der Waals surface area contributed by atoms with Crippen molar-refractivity contribution in [3.63, 3.8) is 0 Å². The summed E-state index contributed by atoms with van der Waals surface area (Å²) in [6, 6.07) is 8.79. The summed E-state index contributed by atoms with van der Waals surface area (Å²) in [5.74, 6) is -0.778. The lowest BCUT2D eigenvalue weighted by molar-refractivity contribution is 0.0350. The molecule has 1 aromatic carbocycles. The van der Waals surface area contributed by atoms with E-state index in [0.29, 0.717) is 17.7 Å². The van der Waals surface area contributed by atoms with Crippen molar-refractivity contribution in [3.05, 3.63) is 35.9 Å². The molecule has 0 aromatic heterocycles. The van der Waals surface area contributed by atoms with Crippen LogP contribution >= 0.6 is 0 Å². The Hall–Kier alpha value is -1.71. The lowest BCUT2D eigenvalue weighted by atomic mass is 9.87. The van der Waals surface area contributed by atoms with E-state index in [1.807, 2.05) is 13.0 Å². The molecular weight excluding hydrogens is 233 g/mol. The minimum Gasteiger partial charge on any atom is -0.383 e. The number of alkyl halides is 1. The van der Waals surface area contributed by atoms with Crippen LogP contribution in [-0.4, -0.2) is 23.8 Å². The van der Waals surface area contributed by atoms with Crippen LogP contribution in [0.3, 0.4) is 0 Å². The fourth-order valence-electron chi connectivity index (χ4n) is 2.21. The van der Waals surface area contributed by atoms with Gasteiger partial charge in [-0.3, -0.25) is 4.79 Å². The quantitative estimate of drug-likeness (QED) is 0.769. The zero-order valence-corrected chi connectivity index (χ0v) is 10.5. The first-order valence-corrected chi connectivity index (χ1v) is 6.11. The number of halogens is 1. The summed E-state index contributed by atoms with van der Waals surface area (Å²) < 4.78 is 13.7. The summed E-state index contributed by atoms with van der Waals surface area (Å²) in [6.45, 7) is 3.32. The molecule has 0 aliphatic carbocycles. The summed E-state index contributed by atoms with van der Waals surface area (Å²) in [7, 11) is 0. The van der Waals surface area contributed by atoms with Crippen LogP contribution < -0.4 is 0 Å². The van der Waals surface area contributed by atoms with Crippen molar-refractivity contribution < 1.29 is 14.0 Å². The predicted molar refractivity (Wildman–Crippen MR) is 67.4 cm³/mol. The van der Waals surface area contributed by atoms with Crippen LogP contribution in [0, 0.1) is 5.92 Å². The normalized spacial score (nSPS) is 24.3. The van der Waals surface area contributed by atoms with Gasteiger partial charge in [0.15, 0.2) is 0 Å². The van der Waals surface area contributed by atoms with E-state index in [1.165, 1.54) is 6.92 Å². The molecule has 0 amide bonds. The minimum absolute atomic E-state index is 0.211. The Morgan fingerprint density at radius 3 is 2.67 bits per heavy atom. The van der Waals surface area contributed by atoms with E-state index in [2.05, 4.69) is 5.16 Å². The molecule has 1 aliphatic heterocycles. The standard InChI is InChI=1S/C14H16FNO2/c1-3-11-12(9(2)15)14(18-16-11)13(17)10-7-5-4-6-8-10/h4-9,12,14H,3H2,1-2H3/t9-,12-,14-/m1/s1. The maximum atomic E-state index is 13.7. The van der Waals surface area contributed by atoms with Crippen molar-refractivity contribution in [2.45, 2.75) is 32.5 Å². The topological polar surface area (TPSA) is 38.7 Å². The van der Waals surface area contributed by atoms with E-state index < -0.39 is 18.2 Å². The van der Waals surface area contributed by atoms with Crippen molar-refractivity contribution in [1.29, 1.82) is 0 Å². The number of nitrogens with zero attached hydrogens (tertiary/aromatic N) is 1. The van der Waals surface area contributed by atoms with Gasteiger partial charge in [0, 0.05) is 5.56 Å². The lowest BCUT2D eigenvalue weighted by Gasteiger charge is -2.18. The van der Waals surface area contributed by atoms with E-state index in [-0.39, 0.29) is 5.78 Å². The largest absolute Gasteiger partial charge is 0.383 e. The van der Waals surface area contributed by atoms with Crippen LogP contribution in [0.15, 0.2) is 35.5 Å². The Labute approximate surface area is 106 Å². The number of carbonyl (C=O) groups is 1. The average molecular weight is 249 g/mol. The van der Waals surface area contributed by atoms with Gasteiger partial charge in [-0.25, -0.2) is 4.39 Å². The Kier molecular flexibility index (Phi) is 3.75. The molecule has 0 saturated carbocycles. The molecule has 0 fully saturated rings. The summed E-state index contributed by atoms with van der Waals surface area (Å²) in [6.07, 6.45) is -1.39. The van der Waals surface area contributed by atoms with E-state index in [4.69, 9.17) is 4.84 Å². The number of ketones is 1. The van der Waals surface area contributed by atoms with Gasteiger partial charge in [-0.1, -0.05) is 42.4 Å². The number of oxime groups is 1.